The van der Waals surface area contributed by atoms with Gasteiger partial charge in [-0.25, -0.2) is 14.4 Å². The summed E-state index contributed by atoms with van der Waals surface area (Å²) < 4.78 is 32.6. The Morgan fingerprint density at radius 1 is 0.568 bits per heavy atom. The summed E-state index contributed by atoms with van der Waals surface area (Å²) in [6, 6.07) is 8.76. The number of hydrogen-bond donors (Lipinski definition) is 0. The Hall–Kier alpha value is -4.27. The average Bonchev–Trinajstić information content (AvgIpc) is 2.86. The zero-order chi connectivity index (χ0) is 27.4. The Kier molecular flexibility index (Phi) is 11.2. The number of fused-ring (bicyclic) bond motifs is 1. The maximum Gasteiger partial charge on any atom is 0.333 e. The third kappa shape index (κ3) is 9.36. The van der Waals surface area contributed by atoms with E-state index >= 15 is 0 Å². The summed E-state index contributed by atoms with van der Waals surface area (Å²) >= 11 is 0. The predicted molar refractivity (Wildman–Crippen MR) is 138 cm³/mol. The third-order valence-electron chi connectivity index (χ3n) is 4.69. The fourth-order valence-corrected chi connectivity index (χ4v) is 2.85. The molecular weight excluding hydrogens is 480 g/mol. The smallest absolute Gasteiger partial charge is 0.333 e. The van der Waals surface area contributed by atoms with E-state index in [4.69, 9.17) is 28.4 Å². The number of ether oxygens (including phenoxy) is 6. The standard InChI is InChI=1S/C28H32O9/c1-18(2)26(29)35-14-11-32-21-7-8-22-23(17-21)25(34-13-16-37-28(31)20(5)6)10-9-24(22)33-12-15-36-27(30)19(3)4/h7-10,17H,1,3,5,11-16H2,2,4,6H3. The fourth-order valence-electron chi connectivity index (χ4n) is 2.85. The van der Waals surface area contributed by atoms with Gasteiger partial charge < -0.3 is 28.4 Å². The topological polar surface area (TPSA) is 107 Å². The molecule has 0 heterocycles. The minimum absolute atomic E-state index is 0.0454. The molecule has 0 saturated heterocycles. The van der Waals surface area contributed by atoms with Crippen molar-refractivity contribution in [3.8, 4) is 17.2 Å². The van der Waals surface area contributed by atoms with Crippen LogP contribution in [0.3, 0.4) is 0 Å². The molecule has 9 heteroatoms. The molecule has 0 aliphatic heterocycles. The van der Waals surface area contributed by atoms with Crippen LogP contribution in [0.25, 0.3) is 10.8 Å². The molecular formula is C28H32O9. The summed E-state index contributed by atoms with van der Waals surface area (Å²) in [6.45, 7) is 15.9. The Labute approximate surface area is 216 Å². The van der Waals surface area contributed by atoms with Gasteiger partial charge in [-0.3, -0.25) is 0 Å². The predicted octanol–water partition coefficient (Wildman–Crippen LogP) is 4.33. The van der Waals surface area contributed by atoms with E-state index in [9.17, 15) is 14.4 Å². The van der Waals surface area contributed by atoms with Crippen molar-refractivity contribution in [2.24, 2.45) is 0 Å². The van der Waals surface area contributed by atoms with Crippen LogP contribution in [-0.2, 0) is 28.6 Å². The van der Waals surface area contributed by atoms with Crippen LogP contribution in [0.1, 0.15) is 20.8 Å². The van der Waals surface area contributed by atoms with Crippen molar-refractivity contribution < 1.29 is 42.8 Å². The molecule has 0 amide bonds. The number of hydrogen-bond acceptors (Lipinski definition) is 9. The van der Waals surface area contributed by atoms with E-state index in [0.717, 1.165) is 5.39 Å². The largest absolute Gasteiger partial charge is 0.490 e. The van der Waals surface area contributed by atoms with Crippen molar-refractivity contribution in [3.63, 3.8) is 0 Å². The fraction of sp³-hybridized carbons (Fsp3) is 0.321. The second kappa shape index (κ2) is 14.3. The van der Waals surface area contributed by atoms with Crippen LogP contribution in [0.5, 0.6) is 17.2 Å². The van der Waals surface area contributed by atoms with E-state index in [1.807, 2.05) is 0 Å². The molecule has 0 N–H and O–H groups in total. The van der Waals surface area contributed by atoms with Gasteiger partial charge in [-0.15, -0.1) is 0 Å². The highest BCUT2D eigenvalue weighted by Gasteiger charge is 2.12. The SMILES string of the molecule is C=C(C)C(=O)OCCOc1ccc2c(OCCOC(=O)C(=C)C)ccc(OCCOC(=O)C(=C)C)c2c1. The quantitative estimate of drug-likeness (QED) is 0.149. The normalized spacial score (nSPS) is 10.2. The summed E-state index contributed by atoms with van der Waals surface area (Å²) in [7, 11) is 0. The Morgan fingerprint density at radius 3 is 1.41 bits per heavy atom. The number of esters is 3. The van der Waals surface area contributed by atoms with E-state index in [2.05, 4.69) is 19.7 Å². The summed E-state index contributed by atoms with van der Waals surface area (Å²) in [4.78, 5) is 34.7. The van der Waals surface area contributed by atoms with Crippen molar-refractivity contribution in [3.05, 3.63) is 66.8 Å². The summed E-state index contributed by atoms with van der Waals surface area (Å²) in [5.41, 5.74) is 0.919. The van der Waals surface area contributed by atoms with Crippen LogP contribution >= 0.6 is 0 Å². The molecule has 2 aromatic rings. The van der Waals surface area contributed by atoms with Gasteiger partial charge in [0.15, 0.2) is 0 Å². The lowest BCUT2D eigenvalue weighted by Gasteiger charge is -2.15. The number of carbonyl (C=O) groups excluding carboxylic acids is 3. The first-order valence-electron chi connectivity index (χ1n) is 11.5. The molecule has 0 saturated carbocycles. The molecule has 0 atom stereocenters. The highest BCUT2D eigenvalue weighted by atomic mass is 16.6. The maximum atomic E-state index is 11.6. The van der Waals surface area contributed by atoms with Gasteiger partial charge in [0.2, 0.25) is 0 Å². The van der Waals surface area contributed by atoms with E-state index < -0.39 is 17.9 Å². The molecule has 0 radical (unpaired) electrons. The zero-order valence-corrected chi connectivity index (χ0v) is 21.4. The Bertz CT molecular complexity index is 1180. The molecule has 0 unspecified atom stereocenters. The van der Waals surface area contributed by atoms with Gasteiger partial charge in [0.25, 0.3) is 0 Å². The molecule has 198 valence electrons. The average molecular weight is 513 g/mol. The summed E-state index contributed by atoms with van der Waals surface area (Å²) in [6.07, 6.45) is 0. The molecule has 37 heavy (non-hydrogen) atoms. The van der Waals surface area contributed by atoms with Gasteiger partial charge in [0, 0.05) is 27.5 Å². The molecule has 0 aliphatic rings. The second-order valence-corrected chi connectivity index (χ2v) is 8.06. The molecule has 2 aromatic carbocycles. The van der Waals surface area contributed by atoms with Crippen LogP contribution in [0.4, 0.5) is 0 Å². The number of benzene rings is 2. The minimum atomic E-state index is -0.493. The molecule has 9 nitrogen and oxygen atoms in total. The van der Waals surface area contributed by atoms with Crippen LogP contribution in [0, 0.1) is 0 Å². The van der Waals surface area contributed by atoms with Gasteiger partial charge in [-0.2, -0.15) is 0 Å². The van der Waals surface area contributed by atoms with E-state index in [-0.39, 0.29) is 39.6 Å². The highest BCUT2D eigenvalue weighted by Crippen LogP contribution is 2.35. The van der Waals surface area contributed by atoms with Crippen molar-refractivity contribution in [2.75, 3.05) is 39.6 Å². The molecule has 0 fully saturated rings. The minimum Gasteiger partial charge on any atom is -0.490 e. The number of rotatable bonds is 15. The van der Waals surface area contributed by atoms with Crippen molar-refractivity contribution in [1.29, 1.82) is 0 Å². The lowest BCUT2D eigenvalue weighted by Crippen LogP contribution is -2.13. The zero-order valence-electron chi connectivity index (χ0n) is 21.4. The monoisotopic (exact) mass is 512 g/mol. The van der Waals surface area contributed by atoms with Crippen LogP contribution in [-0.4, -0.2) is 57.5 Å². The first-order chi connectivity index (χ1) is 17.6. The Balaban J connectivity index is 2.13. The van der Waals surface area contributed by atoms with Crippen molar-refractivity contribution in [1.82, 2.24) is 0 Å². The molecule has 0 aliphatic carbocycles. The van der Waals surface area contributed by atoms with E-state index in [1.165, 1.54) is 0 Å². The van der Waals surface area contributed by atoms with Crippen molar-refractivity contribution >= 4 is 28.7 Å². The highest BCUT2D eigenvalue weighted by molar-refractivity contribution is 5.94. The van der Waals surface area contributed by atoms with Gasteiger partial charge in [0.05, 0.1) is 0 Å². The Morgan fingerprint density at radius 2 is 0.973 bits per heavy atom. The third-order valence-corrected chi connectivity index (χ3v) is 4.69. The number of carbonyl (C=O) groups is 3. The summed E-state index contributed by atoms with van der Waals surface area (Å²) in [5, 5.41) is 1.41. The molecule has 0 bridgehead atoms. The second-order valence-electron chi connectivity index (χ2n) is 8.06. The van der Waals surface area contributed by atoms with E-state index in [0.29, 0.717) is 39.4 Å². The van der Waals surface area contributed by atoms with Crippen LogP contribution in [0.2, 0.25) is 0 Å². The molecule has 0 spiro atoms. The van der Waals surface area contributed by atoms with E-state index in [1.54, 1.807) is 51.1 Å². The lowest BCUT2D eigenvalue weighted by atomic mass is 10.1. The molecule has 2 rings (SSSR count). The lowest BCUT2D eigenvalue weighted by molar-refractivity contribution is -0.140. The summed E-state index contributed by atoms with van der Waals surface area (Å²) in [5.74, 6) is 0.115. The van der Waals surface area contributed by atoms with Crippen LogP contribution in [0.15, 0.2) is 66.8 Å². The van der Waals surface area contributed by atoms with Crippen molar-refractivity contribution in [2.45, 2.75) is 20.8 Å². The van der Waals surface area contributed by atoms with Crippen LogP contribution < -0.4 is 14.2 Å². The first kappa shape index (κ1) is 29.0. The van der Waals surface area contributed by atoms with Gasteiger partial charge >= 0.3 is 17.9 Å². The first-order valence-corrected chi connectivity index (χ1v) is 11.5. The van der Waals surface area contributed by atoms with Gasteiger partial charge in [-0.05, 0) is 51.1 Å². The molecule has 0 aromatic heterocycles. The van der Waals surface area contributed by atoms with Gasteiger partial charge in [-0.1, -0.05) is 19.7 Å². The maximum absolute atomic E-state index is 11.6. The van der Waals surface area contributed by atoms with Gasteiger partial charge in [0.1, 0.15) is 56.9 Å².